The average molecular weight is 622 g/mol. The largest absolute Gasteiger partial charge is 0.309 e. The molecule has 0 radical (unpaired) electrons. The Morgan fingerprint density at radius 1 is 0.286 bits per heavy atom. The van der Waals surface area contributed by atoms with E-state index in [0.717, 1.165) is 5.69 Å². The van der Waals surface area contributed by atoms with Crippen molar-refractivity contribution < 1.29 is 0 Å². The van der Waals surface area contributed by atoms with Gasteiger partial charge in [-0.25, -0.2) is 0 Å². The van der Waals surface area contributed by atoms with Gasteiger partial charge in [0.2, 0.25) is 0 Å². The molecular formula is C48H31N. The van der Waals surface area contributed by atoms with Crippen molar-refractivity contribution >= 4 is 54.1 Å². The van der Waals surface area contributed by atoms with Gasteiger partial charge in [-0.1, -0.05) is 158 Å². The summed E-state index contributed by atoms with van der Waals surface area (Å²) >= 11 is 0. The van der Waals surface area contributed by atoms with Gasteiger partial charge in [0.1, 0.15) is 0 Å². The van der Waals surface area contributed by atoms with Crippen LogP contribution < -0.4 is 0 Å². The molecule has 0 atom stereocenters. The topological polar surface area (TPSA) is 4.93 Å². The van der Waals surface area contributed by atoms with Crippen LogP contribution in [0.2, 0.25) is 0 Å². The van der Waals surface area contributed by atoms with Crippen LogP contribution in [0.15, 0.2) is 188 Å². The maximum Gasteiger partial charge on any atom is 0.0541 e. The molecule has 0 bridgehead atoms. The van der Waals surface area contributed by atoms with Gasteiger partial charge in [-0.15, -0.1) is 0 Å². The van der Waals surface area contributed by atoms with Gasteiger partial charge >= 0.3 is 0 Å². The van der Waals surface area contributed by atoms with E-state index in [4.69, 9.17) is 0 Å². The third-order valence-electron chi connectivity index (χ3n) is 10.2. The van der Waals surface area contributed by atoms with Crippen LogP contribution in [0.3, 0.4) is 0 Å². The Balaban J connectivity index is 1.25. The van der Waals surface area contributed by atoms with Gasteiger partial charge in [0.05, 0.1) is 11.0 Å². The number of rotatable bonds is 4. The highest BCUT2D eigenvalue weighted by atomic mass is 15.0. The number of fused-ring (bicyclic) bond motifs is 6. The van der Waals surface area contributed by atoms with Gasteiger partial charge in [0.25, 0.3) is 0 Å². The Hall–Kier alpha value is -6.44. The van der Waals surface area contributed by atoms with Gasteiger partial charge in [0.15, 0.2) is 0 Å². The minimum Gasteiger partial charge on any atom is -0.309 e. The molecule has 0 amide bonds. The predicted molar refractivity (Wildman–Crippen MR) is 210 cm³/mol. The molecule has 49 heavy (non-hydrogen) atoms. The standard InChI is InChI=1S/C48H31N/c1-2-14-32(15-3-1)34-29-28-33-16-13-25-43(44(33)31-34)48-41-23-6-4-21-39(41)47(40-22-5-7-24-42(40)48)35-17-12-18-36(30-35)49-45-26-10-8-19-37(45)38-20-9-11-27-46(38)49/h1-31H. The first-order chi connectivity index (χ1) is 24.3. The smallest absolute Gasteiger partial charge is 0.0541 e. The molecule has 9 aromatic carbocycles. The lowest BCUT2D eigenvalue weighted by atomic mass is 9.84. The first kappa shape index (κ1) is 27.7. The summed E-state index contributed by atoms with van der Waals surface area (Å²) < 4.78 is 2.41. The zero-order chi connectivity index (χ0) is 32.3. The number of benzene rings is 9. The third kappa shape index (κ3) is 4.33. The monoisotopic (exact) mass is 621 g/mol. The van der Waals surface area contributed by atoms with Crippen molar-refractivity contribution in [3.63, 3.8) is 0 Å². The maximum atomic E-state index is 2.41. The van der Waals surface area contributed by atoms with Gasteiger partial charge in [0, 0.05) is 16.5 Å². The van der Waals surface area contributed by atoms with Crippen LogP contribution in [0.1, 0.15) is 0 Å². The van der Waals surface area contributed by atoms with Crippen LogP contribution in [-0.2, 0) is 0 Å². The van der Waals surface area contributed by atoms with E-state index in [-0.39, 0.29) is 0 Å². The second-order valence-corrected chi connectivity index (χ2v) is 12.9. The lowest BCUT2D eigenvalue weighted by Crippen LogP contribution is -1.95. The molecule has 1 aromatic heterocycles. The van der Waals surface area contributed by atoms with Crippen LogP contribution >= 0.6 is 0 Å². The van der Waals surface area contributed by atoms with Crippen LogP contribution in [0, 0.1) is 0 Å². The molecule has 0 saturated carbocycles. The van der Waals surface area contributed by atoms with Crippen molar-refractivity contribution in [1.82, 2.24) is 4.57 Å². The lowest BCUT2D eigenvalue weighted by Gasteiger charge is -2.19. The second kappa shape index (κ2) is 11.1. The maximum absolute atomic E-state index is 2.41. The summed E-state index contributed by atoms with van der Waals surface area (Å²) in [5, 5.41) is 10.1. The first-order valence-electron chi connectivity index (χ1n) is 16.9. The Morgan fingerprint density at radius 3 is 1.47 bits per heavy atom. The highest BCUT2D eigenvalue weighted by Crippen LogP contribution is 2.46. The zero-order valence-electron chi connectivity index (χ0n) is 26.8. The van der Waals surface area contributed by atoms with E-state index in [1.807, 2.05) is 0 Å². The first-order valence-corrected chi connectivity index (χ1v) is 16.9. The van der Waals surface area contributed by atoms with Crippen molar-refractivity contribution in [3.05, 3.63) is 188 Å². The molecule has 1 heterocycles. The molecule has 10 aromatic rings. The van der Waals surface area contributed by atoms with Crippen LogP contribution in [0.5, 0.6) is 0 Å². The fraction of sp³-hybridized carbons (Fsp3) is 0. The SMILES string of the molecule is c1ccc(-c2ccc3cccc(-c4c5ccccc5c(-c5cccc(-n6c7ccccc7c7ccccc76)c5)c5ccccc45)c3c2)cc1. The highest BCUT2D eigenvalue weighted by Gasteiger charge is 2.19. The normalized spacial score (nSPS) is 11.7. The predicted octanol–water partition coefficient (Wildman–Crippen LogP) is 13.2. The summed E-state index contributed by atoms with van der Waals surface area (Å²) in [7, 11) is 0. The summed E-state index contributed by atoms with van der Waals surface area (Å²) in [5.74, 6) is 0. The molecule has 0 aliphatic rings. The Labute approximate surface area is 284 Å². The van der Waals surface area contributed by atoms with Crippen molar-refractivity contribution in [3.8, 4) is 39.1 Å². The lowest BCUT2D eigenvalue weighted by molar-refractivity contribution is 1.18. The van der Waals surface area contributed by atoms with Crippen molar-refractivity contribution in [2.45, 2.75) is 0 Å². The second-order valence-electron chi connectivity index (χ2n) is 12.9. The number of hydrogen-bond donors (Lipinski definition) is 0. The van der Waals surface area contributed by atoms with E-state index < -0.39 is 0 Å². The number of aromatic nitrogens is 1. The Kier molecular flexibility index (Phi) is 6.25. The summed E-state index contributed by atoms with van der Waals surface area (Å²) in [6.45, 7) is 0. The summed E-state index contributed by atoms with van der Waals surface area (Å²) in [6.07, 6.45) is 0. The van der Waals surface area contributed by atoms with Crippen LogP contribution in [0.25, 0.3) is 93.2 Å². The minimum atomic E-state index is 1.16. The fourth-order valence-electron chi connectivity index (χ4n) is 8.03. The molecule has 0 unspecified atom stereocenters. The van der Waals surface area contributed by atoms with E-state index in [9.17, 15) is 0 Å². The molecule has 0 saturated heterocycles. The Morgan fingerprint density at radius 2 is 0.816 bits per heavy atom. The van der Waals surface area contributed by atoms with E-state index in [1.165, 1.54) is 87.5 Å². The van der Waals surface area contributed by atoms with E-state index in [1.54, 1.807) is 0 Å². The number of hydrogen-bond acceptors (Lipinski definition) is 0. The van der Waals surface area contributed by atoms with Gasteiger partial charge < -0.3 is 4.57 Å². The molecule has 0 aliphatic carbocycles. The third-order valence-corrected chi connectivity index (χ3v) is 10.2. The summed E-state index contributed by atoms with van der Waals surface area (Å²) in [6, 6.07) is 68.8. The van der Waals surface area contributed by atoms with E-state index in [2.05, 4.69) is 193 Å². The van der Waals surface area contributed by atoms with Crippen LogP contribution in [0.4, 0.5) is 0 Å². The van der Waals surface area contributed by atoms with Crippen molar-refractivity contribution in [1.29, 1.82) is 0 Å². The fourth-order valence-corrected chi connectivity index (χ4v) is 8.03. The molecule has 1 heteroatoms. The van der Waals surface area contributed by atoms with Gasteiger partial charge in [-0.3, -0.25) is 0 Å². The average Bonchev–Trinajstić information content (AvgIpc) is 3.51. The molecule has 10 rings (SSSR count). The number of para-hydroxylation sites is 2. The summed E-state index contributed by atoms with van der Waals surface area (Å²) in [4.78, 5) is 0. The van der Waals surface area contributed by atoms with E-state index in [0.29, 0.717) is 0 Å². The molecule has 0 fully saturated rings. The van der Waals surface area contributed by atoms with Gasteiger partial charge in [-0.2, -0.15) is 0 Å². The Bertz CT molecular complexity index is 2760. The van der Waals surface area contributed by atoms with Crippen molar-refractivity contribution in [2.75, 3.05) is 0 Å². The summed E-state index contributed by atoms with van der Waals surface area (Å²) in [5.41, 5.74) is 11.1. The zero-order valence-corrected chi connectivity index (χ0v) is 26.8. The number of nitrogens with zero attached hydrogens (tertiary/aromatic N) is 1. The highest BCUT2D eigenvalue weighted by molar-refractivity contribution is 6.23. The van der Waals surface area contributed by atoms with Crippen molar-refractivity contribution in [2.24, 2.45) is 0 Å². The molecule has 228 valence electrons. The molecule has 0 N–H and O–H groups in total. The van der Waals surface area contributed by atoms with Gasteiger partial charge in [-0.05, 0) is 96.0 Å². The minimum absolute atomic E-state index is 1.16. The van der Waals surface area contributed by atoms with Crippen LogP contribution in [-0.4, -0.2) is 4.57 Å². The molecule has 0 spiro atoms. The quantitative estimate of drug-likeness (QED) is 0.172. The van der Waals surface area contributed by atoms with E-state index >= 15 is 0 Å². The molecular weight excluding hydrogens is 591 g/mol. The molecule has 1 nitrogen and oxygen atoms in total. The molecule has 0 aliphatic heterocycles.